The molecular formula is C18H9F5N2O3S2. The second-order valence-electron chi connectivity index (χ2n) is 6.08. The van der Waals surface area contributed by atoms with E-state index < -0.39 is 53.3 Å². The first-order chi connectivity index (χ1) is 14.3. The van der Waals surface area contributed by atoms with Crippen molar-refractivity contribution >= 4 is 44.3 Å². The first-order valence-corrected chi connectivity index (χ1v) is 10.0. The summed E-state index contributed by atoms with van der Waals surface area (Å²) in [5.41, 5.74) is -0.520. The van der Waals surface area contributed by atoms with Gasteiger partial charge in [0.2, 0.25) is 5.82 Å². The van der Waals surface area contributed by atoms with E-state index in [4.69, 9.17) is 9.84 Å². The Kier molecular flexibility index (Phi) is 5.36. The van der Waals surface area contributed by atoms with Crippen LogP contribution in [0, 0.1) is 29.1 Å². The van der Waals surface area contributed by atoms with Gasteiger partial charge in [0.05, 0.1) is 15.8 Å². The Morgan fingerprint density at radius 1 is 1.10 bits per heavy atom. The van der Waals surface area contributed by atoms with Crippen molar-refractivity contribution in [3.63, 3.8) is 0 Å². The Morgan fingerprint density at radius 3 is 2.40 bits per heavy atom. The maximum atomic E-state index is 13.8. The summed E-state index contributed by atoms with van der Waals surface area (Å²) in [4.78, 5) is 19.5. The van der Waals surface area contributed by atoms with E-state index in [1.807, 2.05) is 0 Å². The molecule has 12 heteroatoms. The second-order valence-corrected chi connectivity index (χ2v) is 8.12. The Bertz CT molecular complexity index is 1190. The van der Waals surface area contributed by atoms with E-state index in [0.717, 1.165) is 0 Å². The summed E-state index contributed by atoms with van der Waals surface area (Å²) < 4.78 is 73.1. The SMILES string of the molecule is O=C(O)[C@H]1CSC(c2nc3ccc(OCc4c(F)c(F)c(F)c(F)c4F)cc3s2)=N1. The van der Waals surface area contributed by atoms with Gasteiger partial charge in [-0.1, -0.05) is 0 Å². The number of fused-ring (bicyclic) bond motifs is 1. The van der Waals surface area contributed by atoms with Crippen molar-refractivity contribution in [2.45, 2.75) is 12.6 Å². The number of aliphatic imine (C=N–C) groups is 1. The second kappa shape index (κ2) is 7.84. The van der Waals surface area contributed by atoms with Crippen LogP contribution in [0.4, 0.5) is 22.0 Å². The molecule has 0 saturated heterocycles. The normalized spacial score (nSPS) is 16.2. The minimum atomic E-state index is -2.23. The molecule has 0 unspecified atom stereocenters. The Labute approximate surface area is 173 Å². The van der Waals surface area contributed by atoms with Gasteiger partial charge in [-0.25, -0.2) is 31.7 Å². The Hall–Kier alpha value is -2.73. The number of hydrogen-bond donors (Lipinski definition) is 1. The van der Waals surface area contributed by atoms with Crippen LogP contribution in [0.5, 0.6) is 5.75 Å². The summed E-state index contributed by atoms with van der Waals surface area (Å²) in [6.07, 6.45) is 0. The van der Waals surface area contributed by atoms with Crippen LogP contribution in [-0.4, -0.2) is 32.9 Å². The van der Waals surface area contributed by atoms with Crippen LogP contribution < -0.4 is 4.74 Å². The van der Waals surface area contributed by atoms with Crippen LogP contribution >= 0.6 is 23.1 Å². The Morgan fingerprint density at radius 2 is 1.77 bits per heavy atom. The van der Waals surface area contributed by atoms with Crippen LogP contribution in [0.3, 0.4) is 0 Å². The molecule has 0 saturated carbocycles. The third-order valence-corrected chi connectivity index (χ3v) is 6.37. The van der Waals surface area contributed by atoms with E-state index in [0.29, 0.717) is 26.0 Å². The van der Waals surface area contributed by atoms with Crippen LogP contribution in [0.25, 0.3) is 10.2 Å². The number of aromatic nitrogens is 1. The number of carbonyl (C=O) groups is 1. The molecule has 3 aromatic rings. The number of rotatable bonds is 5. The van der Waals surface area contributed by atoms with Gasteiger partial charge in [-0.2, -0.15) is 0 Å². The fourth-order valence-corrected chi connectivity index (χ4v) is 4.73. The third-order valence-electron chi connectivity index (χ3n) is 4.16. The molecule has 1 aromatic heterocycles. The van der Waals surface area contributed by atoms with Gasteiger partial charge in [-0.3, -0.25) is 4.99 Å². The molecule has 1 atom stereocenters. The Balaban J connectivity index is 1.57. The zero-order valence-corrected chi connectivity index (χ0v) is 16.2. The van der Waals surface area contributed by atoms with Crippen LogP contribution in [0.15, 0.2) is 23.2 Å². The number of hydrogen-bond acceptors (Lipinski definition) is 6. The van der Waals surface area contributed by atoms with Crippen molar-refractivity contribution in [1.82, 2.24) is 4.98 Å². The molecule has 4 rings (SSSR count). The number of benzene rings is 2. The predicted molar refractivity (Wildman–Crippen MR) is 101 cm³/mol. The molecule has 5 nitrogen and oxygen atoms in total. The van der Waals surface area contributed by atoms with E-state index in [-0.39, 0.29) is 5.75 Å². The maximum Gasteiger partial charge on any atom is 0.329 e. The van der Waals surface area contributed by atoms with E-state index in [2.05, 4.69) is 9.98 Å². The third kappa shape index (κ3) is 3.60. The lowest BCUT2D eigenvalue weighted by Gasteiger charge is -2.10. The molecule has 156 valence electrons. The van der Waals surface area contributed by atoms with Gasteiger partial charge in [-0.15, -0.1) is 23.1 Å². The van der Waals surface area contributed by atoms with Crippen molar-refractivity contribution in [1.29, 1.82) is 0 Å². The lowest BCUT2D eigenvalue weighted by atomic mass is 10.2. The molecule has 2 aromatic carbocycles. The summed E-state index contributed by atoms with van der Waals surface area (Å²) in [5, 5.41) is 10.0. The number of carboxylic acids is 1. The summed E-state index contributed by atoms with van der Waals surface area (Å²) in [7, 11) is 0. The predicted octanol–water partition coefficient (Wildman–Crippen LogP) is 4.52. The molecule has 1 N–H and O–H groups in total. The summed E-state index contributed by atoms with van der Waals surface area (Å²) >= 11 is 2.47. The molecule has 0 spiro atoms. The van der Waals surface area contributed by atoms with Gasteiger partial charge in [0.25, 0.3) is 0 Å². The average Bonchev–Trinajstić information content (AvgIpc) is 3.37. The van der Waals surface area contributed by atoms with Crippen molar-refractivity contribution in [3.05, 3.63) is 57.9 Å². The first kappa shape index (κ1) is 20.5. The molecule has 2 heterocycles. The zero-order valence-electron chi connectivity index (χ0n) is 14.6. The molecule has 0 aliphatic carbocycles. The fourth-order valence-electron chi connectivity index (χ4n) is 2.64. The number of thiazole rings is 1. The van der Waals surface area contributed by atoms with Crippen molar-refractivity contribution < 1.29 is 36.6 Å². The van der Waals surface area contributed by atoms with Gasteiger partial charge >= 0.3 is 5.97 Å². The largest absolute Gasteiger partial charge is 0.489 e. The highest BCUT2D eigenvalue weighted by atomic mass is 32.2. The van der Waals surface area contributed by atoms with Crippen molar-refractivity contribution in [2.75, 3.05) is 5.75 Å². The highest BCUT2D eigenvalue weighted by molar-refractivity contribution is 8.15. The monoisotopic (exact) mass is 460 g/mol. The molecule has 0 amide bonds. The van der Waals surface area contributed by atoms with Crippen LogP contribution in [0.2, 0.25) is 0 Å². The topological polar surface area (TPSA) is 71.8 Å². The lowest BCUT2D eigenvalue weighted by molar-refractivity contribution is -0.137. The minimum absolute atomic E-state index is 0.131. The van der Waals surface area contributed by atoms with Crippen molar-refractivity contribution in [2.24, 2.45) is 4.99 Å². The number of aliphatic carboxylic acids is 1. The lowest BCUT2D eigenvalue weighted by Crippen LogP contribution is -2.17. The molecule has 0 bridgehead atoms. The van der Waals surface area contributed by atoms with Gasteiger partial charge in [0.1, 0.15) is 22.4 Å². The average molecular weight is 460 g/mol. The summed E-state index contributed by atoms with van der Waals surface area (Å²) in [6.45, 7) is -0.869. The number of halogens is 5. The van der Waals surface area contributed by atoms with Gasteiger partial charge < -0.3 is 9.84 Å². The highest BCUT2D eigenvalue weighted by Gasteiger charge is 2.27. The van der Waals surface area contributed by atoms with E-state index in [1.165, 1.54) is 35.2 Å². The molecular weight excluding hydrogens is 451 g/mol. The summed E-state index contributed by atoms with van der Waals surface area (Å²) in [5.74, 6) is -10.8. The molecule has 30 heavy (non-hydrogen) atoms. The zero-order chi connectivity index (χ0) is 21.6. The quantitative estimate of drug-likeness (QED) is 0.345. The van der Waals surface area contributed by atoms with E-state index >= 15 is 0 Å². The van der Waals surface area contributed by atoms with Crippen molar-refractivity contribution in [3.8, 4) is 5.75 Å². The molecule has 1 aliphatic rings. The number of nitrogens with zero attached hydrogens (tertiary/aromatic N) is 2. The van der Waals surface area contributed by atoms with E-state index in [9.17, 15) is 26.7 Å². The first-order valence-electron chi connectivity index (χ1n) is 8.23. The molecule has 0 fully saturated rings. The fraction of sp³-hybridized carbons (Fsp3) is 0.167. The maximum absolute atomic E-state index is 13.8. The van der Waals surface area contributed by atoms with Gasteiger partial charge in [-0.05, 0) is 18.2 Å². The van der Waals surface area contributed by atoms with Crippen LogP contribution in [0.1, 0.15) is 10.6 Å². The van der Waals surface area contributed by atoms with Gasteiger partial charge in [0.15, 0.2) is 29.3 Å². The van der Waals surface area contributed by atoms with Crippen LogP contribution in [-0.2, 0) is 11.4 Å². The number of carboxylic acid groups (broad SMARTS) is 1. The standard InChI is InChI=1S/C18H9F5N2O3S2/c19-11-7(12(20)14(22)15(23)13(11)21)4-28-6-1-2-8-10(3-6)30-17(24-8)16-25-9(5-29-16)18(26)27/h1-3,9H,4-5H2,(H,26,27)/t9-/m1/s1. The van der Waals surface area contributed by atoms with Gasteiger partial charge in [0, 0.05) is 5.75 Å². The molecule has 1 aliphatic heterocycles. The number of ether oxygens (including phenoxy) is 1. The highest BCUT2D eigenvalue weighted by Crippen LogP contribution is 2.32. The molecule has 0 radical (unpaired) electrons. The van der Waals surface area contributed by atoms with E-state index in [1.54, 1.807) is 6.07 Å². The smallest absolute Gasteiger partial charge is 0.329 e. The summed E-state index contributed by atoms with van der Waals surface area (Å²) in [6, 6.07) is 3.65. The minimum Gasteiger partial charge on any atom is -0.489 e. The number of thioether (sulfide) groups is 1.